The largest absolute Gasteiger partial charge is 0.353 e. The second-order valence-corrected chi connectivity index (χ2v) is 5.77. The van der Waals surface area contributed by atoms with E-state index in [1.165, 1.54) is 6.92 Å². The highest BCUT2D eigenvalue weighted by atomic mass is 16.2. The summed E-state index contributed by atoms with van der Waals surface area (Å²) < 4.78 is 0. The van der Waals surface area contributed by atoms with Crippen molar-refractivity contribution >= 4 is 28.5 Å². The van der Waals surface area contributed by atoms with Crippen LogP contribution in [-0.4, -0.2) is 41.0 Å². The van der Waals surface area contributed by atoms with E-state index in [4.69, 9.17) is 0 Å². The molecule has 1 saturated heterocycles. The van der Waals surface area contributed by atoms with Crippen LogP contribution >= 0.6 is 0 Å². The van der Waals surface area contributed by atoms with Crippen LogP contribution in [0.1, 0.15) is 19.8 Å². The number of piperidine rings is 1. The molecule has 120 valence electrons. The van der Waals surface area contributed by atoms with Gasteiger partial charge in [0.05, 0.1) is 11.2 Å². The van der Waals surface area contributed by atoms with Gasteiger partial charge in [0.1, 0.15) is 0 Å². The number of amides is 3. The van der Waals surface area contributed by atoms with Crippen LogP contribution in [0.2, 0.25) is 0 Å². The maximum absolute atomic E-state index is 12.4. The average Bonchev–Trinajstić information content (AvgIpc) is 2.55. The number of hydrogen-bond acceptors (Lipinski definition) is 3. The number of rotatable bonds is 2. The van der Waals surface area contributed by atoms with Gasteiger partial charge in [0.25, 0.3) is 0 Å². The molecule has 3 amide bonds. The Kier molecular flexibility index (Phi) is 4.41. The molecule has 0 radical (unpaired) electrons. The van der Waals surface area contributed by atoms with E-state index in [9.17, 15) is 9.59 Å². The van der Waals surface area contributed by atoms with Crippen molar-refractivity contribution in [3.63, 3.8) is 0 Å². The van der Waals surface area contributed by atoms with E-state index in [0.29, 0.717) is 13.1 Å². The lowest BCUT2D eigenvalue weighted by Crippen LogP contribution is -2.47. The van der Waals surface area contributed by atoms with E-state index in [2.05, 4.69) is 15.6 Å². The highest BCUT2D eigenvalue weighted by molar-refractivity contribution is 5.99. The first-order valence-corrected chi connectivity index (χ1v) is 7.80. The van der Waals surface area contributed by atoms with Crippen molar-refractivity contribution in [2.24, 2.45) is 0 Å². The Morgan fingerprint density at radius 1 is 1.17 bits per heavy atom. The molecule has 2 N–H and O–H groups in total. The third kappa shape index (κ3) is 3.59. The maximum Gasteiger partial charge on any atom is 0.321 e. The fourth-order valence-corrected chi connectivity index (χ4v) is 2.91. The highest BCUT2D eigenvalue weighted by Crippen LogP contribution is 2.21. The summed E-state index contributed by atoms with van der Waals surface area (Å²) in [4.78, 5) is 29.6. The summed E-state index contributed by atoms with van der Waals surface area (Å²) in [6.07, 6.45) is 3.28. The van der Waals surface area contributed by atoms with E-state index >= 15 is 0 Å². The normalized spacial score (nSPS) is 15.4. The van der Waals surface area contributed by atoms with Crippen LogP contribution in [0.25, 0.3) is 10.9 Å². The lowest BCUT2D eigenvalue weighted by Gasteiger charge is -2.32. The number of nitrogens with zero attached hydrogens (tertiary/aromatic N) is 2. The zero-order valence-corrected chi connectivity index (χ0v) is 13.1. The first-order chi connectivity index (χ1) is 11.1. The molecule has 1 aliphatic heterocycles. The molecule has 6 nitrogen and oxygen atoms in total. The molecule has 0 atom stereocenters. The van der Waals surface area contributed by atoms with E-state index in [0.717, 1.165) is 29.4 Å². The monoisotopic (exact) mass is 312 g/mol. The van der Waals surface area contributed by atoms with Crippen LogP contribution in [0, 0.1) is 0 Å². The number of para-hydroxylation sites is 1. The summed E-state index contributed by atoms with van der Waals surface area (Å²) in [6.45, 7) is 2.79. The van der Waals surface area contributed by atoms with Crippen LogP contribution in [0.4, 0.5) is 10.5 Å². The molecule has 0 aliphatic carbocycles. The molecule has 0 spiro atoms. The van der Waals surface area contributed by atoms with Gasteiger partial charge in [-0.1, -0.05) is 18.2 Å². The lowest BCUT2D eigenvalue weighted by atomic mass is 10.1. The lowest BCUT2D eigenvalue weighted by molar-refractivity contribution is -0.119. The van der Waals surface area contributed by atoms with Crippen molar-refractivity contribution in [1.82, 2.24) is 15.2 Å². The zero-order valence-electron chi connectivity index (χ0n) is 13.1. The van der Waals surface area contributed by atoms with Crippen molar-refractivity contribution in [1.29, 1.82) is 0 Å². The predicted octanol–water partition coefficient (Wildman–Crippen LogP) is 2.37. The molecule has 23 heavy (non-hydrogen) atoms. The van der Waals surface area contributed by atoms with Gasteiger partial charge in [0.15, 0.2) is 0 Å². The molecule has 0 bridgehead atoms. The number of fused-ring (bicyclic) bond motifs is 1. The molecule has 3 rings (SSSR count). The number of hydrogen-bond donors (Lipinski definition) is 2. The number of anilines is 1. The Bertz CT molecular complexity index is 718. The quantitative estimate of drug-likeness (QED) is 0.894. The predicted molar refractivity (Wildman–Crippen MR) is 89.2 cm³/mol. The van der Waals surface area contributed by atoms with Crippen LogP contribution in [0.3, 0.4) is 0 Å². The average molecular weight is 312 g/mol. The summed E-state index contributed by atoms with van der Waals surface area (Å²) in [6, 6.07) is 9.62. The van der Waals surface area contributed by atoms with E-state index in [1.807, 2.05) is 30.3 Å². The summed E-state index contributed by atoms with van der Waals surface area (Å²) in [5.74, 6) is -0.0188. The Balaban J connectivity index is 1.64. The van der Waals surface area contributed by atoms with Gasteiger partial charge < -0.3 is 15.5 Å². The Morgan fingerprint density at radius 2 is 1.91 bits per heavy atom. The third-order valence-electron chi connectivity index (χ3n) is 4.06. The van der Waals surface area contributed by atoms with Crippen molar-refractivity contribution in [2.75, 3.05) is 18.4 Å². The fraction of sp³-hybridized carbons (Fsp3) is 0.353. The van der Waals surface area contributed by atoms with Crippen molar-refractivity contribution in [3.05, 3.63) is 36.5 Å². The van der Waals surface area contributed by atoms with E-state index < -0.39 is 0 Å². The SMILES string of the molecule is CC(=O)NC1CCN(C(=O)Nc2cccc3cccnc23)CC1. The molecule has 0 saturated carbocycles. The van der Waals surface area contributed by atoms with Gasteiger partial charge in [-0.15, -0.1) is 0 Å². The number of urea groups is 1. The molecule has 6 heteroatoms. The summed E-state index contributed by atoms with van der Waals surface area (Å²) in [5, 5.41) is 6.85. The summed E-state index contributed by atoms with van der Waals surface area (Å²) in [7, 11) is 0. The van der Waals surface area contributed by atoms with E-state index in [1.54, 1.807) is 11.1 Å². The van der Waals surface area contributed by atoms with Crippen LogP contribution in [0.15, 0.2) is 36.5 Å². The standard InChI is InChI=1S/C17H20N4O2/c1-12(22)19-14-7-10-21(11-8-14)17(23)20-15-6-2-4-13-5-3-9-18-16(13)15/h2-6,9,14H,7-8,10-11H2,1H3,(H,19,22)(H,20,23). The maximum atomic E-state index is 12.4. The first kappa shape index (κ1) is 15.3. The second-order valence-electron chi connectivity index (χ2n) is 5.77. The van der Waals surface area contributed by atoms with Crippen LogP contribution in [-0.2, 0) is 4.79 Å². The van der Waals surface area contributed by atoms with Gasteiger partial charge in [0, 0.05) is 37.6 Å². The molecule has 2 heterocycles. The highest BCUT2D eigenvalue weighted by Gasteiger charge is 2.23. The van der Waals surface area contributed by atoms with Crippen molar-refractivity contribution in [2.45, 2.75) is 25.8 Å². The molecular formula is C17H20N4O2. The minimum absolute atomic E-state index is 0.0188. The molecule has 1 aliphatic rings. The van der Waals surface area contributed by atoms with Crippen molar-refractivity contribution < 1.29 is 9.59 Å². The second kappa shape index (κ2) is 6.64. The van der Waals surface area contributed by atoms with Crippen molar-refractivity contribution in [3.8, 4) is 0 Å². The number of nitrogens with one attached hydrogen (secondary N) is 2. The van der Waals surface area contributed by atoms with Crippen LogP contribution in [0.5, 0.6) is 0 Å². The number of carbonyl (C=O) groups excluding carboxylic acids is 2. The van der Waals surface area contributed by atoms with Gasteiger partial charge in [0.2, 0.25) is 5.91 Å². The van der Waals surface area contributed by atoms with Gasteiger partial charge in [-0.25, -0.2) is 4.79 Å². The summed E-state index contributed by atoms with van der Waals surface area (Å²) >= 11 is 0. The van der Waals surface area contributed by atoms with E-state index in [-0.39, 0.29) is 18.0 Å². The van der Waals surface area contributed by atoms with Crippen LogP contribution < -0.4 is 10.6 Å². The molecule has 1 aromatic carbocycles. The molecular weight excluding hydrogens is 292 g/mol. The topological polar surface area (TPSA) is 74.3 Å². The third-order valence-corrected chi connectivity index (χ3v) is 4.06. The molecule has 1 fully saturated rings. The minimum atomic E-state index is -0.121. The van der Waals surface area contributed by atoms with Gasteiger partial charge >= 0.3 is 6.03 Å². The fourth-order valence-electron chi connectivity index (χ4n) is 2.91. The molecule has 2 aromatic rings. The minimum Gasteiger partial charge on any atom is -0.353 e. The zero-order chi connectivity index (χ0) is 16.2. The Hall–Kier alpha value is -2.63. The summed E-state index contributed by atoms with van der Waals surface area (Å²) in [5.41, 5.74) is 1.51. The number of pyridine rings is 1. The Labute approximate surface area is 134 Å². The van der Waals surface area contributed by atoms with Gasteiger partial charge in [-0.3, -0.25) is 9.78 Å². The number of benzene rings is 1. The number of aromatic nitrogens is 1. The molecule has 1 aromatic heterocycles. The van der Waals surface area contributed by atoms with Gasteiger partial charge in [-0.2, -0.15) is 0 Å². The number of carbonyl (C=O) groups is 2. The Morgan fingerprint density at radius 3 is 2.65 bits per heavy atom. The number of likely N-dealkylation sites (tertiary alicyclic amines) is 1. The smallest absolute Gasteiger partial charge is 0.321 e. The molecule has 0 unspecified atom stereocenters. The first-order valence-electron chi connectivity index (χ1n) is 7.80. The van der Waals surface area contributed by atoms with Gasteiger partial charge in [-0.05, 0) is 25.0 Å².